The van der Waals surface area contributed by atoms with Crippen LogP contribution in [0.25, 0.3) is 0 Å². The number of nitrogens with one attached hydrogen (secondary N) is 1. The molecule has 1 heterocycles. The van der Waals surface area contributed by atoms with Crippen LogP contribution in [0, 0.1) is 5.92 Å². The molecule has 1 aliphatic heterocycles. The van der Waals surface area contributed by atoms with Gasteiger partial charge in [0.2, 0.25) is 0 Å². The van der Waals surface area contributed by atoms with Gasteiger partial charge in [-0.1, -0.05) is 54.6 Å². The van der Waals surface area contributed by atoms with Crippen molar-refractivity contribution in [3.63, 3.8) is 0 Å². The third-order valence-electron chi connectivity index (χ3n) is 5.65. The SMILES string of the molecule is c1ccc(CCC2CCNC3CCc4ccccc4C23)cc1. The van der Waals surface area contributed by atoms with Crippen LogP contribution in [0.2, 0.25) is 0 Å². The van der Waals surface area contributed by atoms with E-state index in [2.05, 4.69) is 59.9 Å². The summed E-state index contributed by atoms with van der Waals surface area (Å²) in [7, 11) is 0. The van der Waals surface area contributed by atoms with Crippen LogP contribution in [0.4, 0.5) is 0 Å². The fourth-order valence-corrected chi connectivity index (χ4v) is 4.56. The molecule has 0 bridgehead atoms. The predicted octanol–water partition coefficient (Wildman–Crippen LogP) is 4.33. The van der Waals surface area contributed by atoms with E-state index >= 15 is 0 Å². The second kappa shape index (κ2) is 6.26. The van der Waals surface area contributed by atoms with Crippen LogP contribution in [-0.2, 0) is 12.8 Å². The maximum absolute atomic E-state index is 3.79. The van der Waals surface area contributed by atoms with Crippen molar-refractivity contribution < 1.29 is 0 Å². The number of hydrogen-bond donors (Lipinski definition) is 1. The van der Waals surface area contributed by atoms with Crippen LogP contribution in [0.5, 0.6) is 0 Å². The van der Waals surface area contributed by atoms with Crippen LogP contribution in [0.1, 0.15) is 41.9 Å². The number of piperidine rings is 1. The molecule has 22 heavy (non-hydrogen) atoms. The minimum Gasteiger partial charge on any atom is -0.313 e. The number of hydrogen-bond acceptors (Lipinski definition) is 1. The fraction of sp³-hybridized carbons (Fsp3) is 0.429. The molecule has 0 spiro atoms. The maximum atomic E-state index is 3.79. The van der Waals surface area contributed by atoms with E-state index in [1.54, 1.807) is 11.1 Å². The van der Waals surface area contributed by atoms with E-state index in [1.807, 2.05) is 0 Å². The molecular weight excluding hydrogens is 266 g/mol. The highest BCUT2D eigenvalue weighted by Gasteiger charge is 2.37. The second-order valence-corrected chi connectivity index (χ2v) is 6.90. The Morgan fingerprint density at radius 1 is 0.909 bits per heavy atom. The Morgan fingerprint density at radius 2 is 1.73 bits per heavy atom. The average molecular weight is 291 g/mol. The molecule has 3 unspecified atom stereocenters. The Balaban J connectivity index is 1.55. The quantitative estimate of drug-likeness (QED) is 0.887. The number of fused-ring (bicyclic) bond motifs is 3. The zero-order valence-electron chi connectivity index (χ0n) is 13.2. The van der Waals surface area contributed by atoms with Crippen molar-refractivity contribution in [3.8, 4) is 0 Å². The van der Waals surface area contributed by atoms with Crippen molar-refractivity contribution in [1.29, 1.82) is 0 Å². The van der Waals surface area contributed by atoms with E-state index < -0.39 is 0 Å². The van der Waals surface area contributed by atoms with Gasteiger partial charge in [0.1, 0.15) is 0 Å². The molecule has 0 aromatic heterocycles. The van der Waals surface area contributed by atoms with Crippen molar-refractivity contribution in [3.05, 3.63) is 71.3 Å². The summed E-state index contributed by atoms with van der Waals surface area (Å²) in [6.45, 7) is 1.20. The molecule has 3 atom stereocenters. The molecule has 2 aliphatic rings. The van der Waals surface area contributed by atoms with E-state index in [4.69, 9.17) is 0 Å². The fourth-order valence-electron chi connectivity index (χ4n) is 4.56. The predicted molar refractivity (Wildman–Crippen MR) is 92.2 cm³/mol. The minimum atomic E-state index is 0.699. The molecule has 0 saturated carbocycles. The van der Waals surface area contributed by atoms with Crippen LogP contribution in [0.3, 0.4) is 0 Å². The summed E-state index contributed by atoms with van der Waals surface area (Å²) >= 11 is 0. The molecule has 0 amide bonds. The van der Waals surface area contributed by atoms with E-state index in [9.17, 15) is 0 Å². The lowest BCUT2D eigenvalue weighted by Crippen LogP contribution is -2.47. The Morgan fingerprint density at radius 3 is 2.64 bits per heavy atom. The van der Waals surface area contributed by atoms with Gasteiger partial charge in [0.15, 0.2) is 0 Å². The Bertz CT molecular complexity index is 619. The van der Waals surface area contributed by atoms with Gasteiger partial charge in [-0.3, -0.25) is 0 Å². The van der Waals surface area contributed by atoms with Gasteiger partial charge in [0, 0.05) is 12.0 Å². The zero-order chi connectivity index (χ0) is 14.8. The molecule has 1 nitrogen and oxygen atoms in total. The third-order valence-corrected chi connectivity index (χ3v) is 5.65. The van der Waals surface area contributed by atoms with Crippen molar-refractivity contribution in [1.82, 2.24) is 5.32 Å². The summed E-state index contributed by atoms with van der Waals surface area (Å²) in [5.41, 5.74) is 4.71. The summed E-state index contributed by atoms with van der Waals surface area (Å²) in [6, 6.07) is 20.8. The average Bonchev–Trinajstić information content (AvgIpc) is 2.60. The standard InChI is InChI=1S/C21H25N/c1-2-6-16(7-3-1)10-11-18-14-15-22-20-13-12-17-8-4-5-9-19(17)21(18)20/h1-9,18,20-22H,10-15H2. The molecule has 114 valence electrons. The van der Waals surface area contributed by atoms with E-state index in [0.29, 0.717) is 6.04 Å². The summed E-state index contributed by atoms with van der Waals surface area (Å²) in [5, 5.41) is 3.79. The zero-order valence-corrected chi connectivity index (χ0v) is 13.2. The van der Waals surface area contributed by atoms with Crippen LogP contribution < -0.4 is 5.32 Å². The minimum absolute atomic E-state index is 0.699. The summed E-state index contributed by atoms with van der Waals surface area (Å²) in [5.74, 6) is 1.55. The number of rotatable bonds is 3. The summed E-state index contributed by atoms with van der Waals surface area (Å²) < 4.78 is 0. The van der Waals surface area contributed by atoms with Crippen LogP contribution in [0.15, 0.2) is 54.6 Å². The Hall–Kier alpha value is -1.60. The topological polar surface area (TPSA) is 12.0 Å². The largest absolute Gasteiger partial charge is 0.313 e. The van der Waals surface area contributed by atoms with E-state index in [0.717, 1.165) is 11.8 Å². The molecule has 1 aliphatic carbocycles. The van der Waals surface area contributed by atoms with Crippen LogP contribution >= 0.6 is 0 Å². The Labute approximate surface area is 133 Å². The molecule has 0 radical (unpaired) electrons. The molecule has 1 fully saturated rings. The molecule has 4 rings (SSSR count). The molecule has 2 aromatic carbocycles. The van der Waals surface area contributed by atoms with Crippen LogP contribution in [-0.4, -0.2) is 12.6 Å². The van der Waals surface area contributed by atoms with Gasteiger partial charge in [-0.2, -0.15) is 0 Å². The molecule has 2 aromatic rings. The molecule has 1 N–H and O–H groups in total. The highest BCUT2D eigenvalue weighted by Crippen LogP contribution is 2.42. The van der Waals surface area contributed by atoms with Crippen molar-refractivity contribution in [2.75, 3.05) is 6.54 Å². The maximum Gasteiger partial charge on any atom is 0.0142 e. The smallest absolute Gasteiger partial charge is 0.0142 e. The molecular formula is C21H25N. The van der Waals surface area contributed by atoms with Gasteiger partial charge in [0.05, 0.1) is 0 Å². The lowest BCUT2D eigenvalue weighted by Gasteiger charge is -2.43. The van der Waals surface area contributed by atoms with E-state index in [-0.39, 0.29) is 0 Å². The van der Waals surface area contributed by atoms with Gasteiger partial charge >= 0.3 is 0 Å². The van der Waals surface area contributed by atoms with E-state index in [1.165, 1.54) is 44.2 Å². The first kappa shape index (κ1) is 14.0. The Kier molecular flexibility index (Phi) is 3.99. The van der Waals surface area contributed by atoms with Gasteiger partial charge in [-0.15, -0.1) is 0 Å². The summed E-state index contributed by atoms with van der Waals surface area (Å²) in [6.07, 6.45) is 6.42. The third kappa shape index (κ3) is 2.70. The second-order valence-electron chi connectivity index (χ2n) is 6.90. The molecule has 1 saturated heterocycles. The lowest BCUT2D eigenvalue weighted by molar-refractivity contribution is 0.223. The molecule has 1 heteroatoms. The monoisotopic (exact) mass is 291 g/mol. The van der Waals surface area contributed by atoms with Gasteiger partial charge < -0.3 is 5.32 Å². The van der Waals surface area contributed by atoms with Crippen molar-refractivity contribution in [2.45, 2.75) is 44.1 Å². The van der Waals surface area contributed by atoms with Crippen molar-refractivity contribution in [2.24, 2.45) is 5.92 Å². The first-order valence-electron chi connectivity index (χ1n) is 8.77. The highest BCUT2D eigenvalue weighted by atomic mass is 14.9. The first-order valence-corrected chi connectivity index (χ1v) is 8.77. The highest BCUT2D eigenvalue weighted by molar-refractivity contribution is 5.35. The summed E-state index contributed by atoms with van der Waals surface area (Å²) in [4.78, 5) is 0. The number of benzene rings is 2. The van der Waals surface area contributed by atoms with Gasteiger partial charge in [0.25, 0.3) is 0 Å². The van der Waals surface area contributed by atoms with Gasteiger partial charge in [-0.05, 0) is 61.3 Å². The van der Waals surface area contributed by atoms with Crippen molar-refractivity contribution >= 4 is 0 Å². The first-order chi connectivity index (χ1) is 10.9. The lowest BCUT2D eigenvalue weighted by atomic mass is 9.68. The van der Waals surface area contributed by atoms with Gasteiger partial charge in [-0.25, -0.2) is 0 Å². The number of aryl methyl sites for hydroxylation is 2. The normalized spacial score (nSPS) is 27.0.